The van der Waals surface area contributed by atoms with E-state index in [1.807, 2.05) is 20.8 Å². The number of benzene rings is 1. The molecule has 0 saturated heterocycles. The van der Waals surface area contributed by atoms with E-state index >= 15 is 0 Å². The van der Waals surface area contributed by atoms with Gasteiger partial charge in [-0.25, -0.2) is 4.79 Å². The zero-order valence-corrected chi connectivity index (χ0v) is 10.6. The summed E-state index contributed by atoms with van der Waals surface area (Å²) in [6.45, 7) is 6.06. The van der Waals surface area contributed by atoms with Crippen molar-refractivity contribution in [2.24, 2.45) is 5.41 Å². The maximum absolute atomic E-state index is 11.0. The zero-order valence-electron chi connectivity index (χ0n) is 10.6. The van der Waals surface area contributed by atoms with Gasteiger partial charge in [-0.15, -0.1) is 0 Å². The van der Waals surface area contributed by atoms with Crippen LogP contribution in [0.4, 0.5) is 0 Å². The molecule has 0 aromatic heterocycles. The van der Waals surface area contributed by atoms with Crippen LogP contribution in [-0.4, -0.2) is 23.3 Å². The molecule has 17 heavy (non-hydrogen) atoms. The zero-order chi connectivity index (χ0) is 13.2. The van der Waals surface area contributed by atoms with E-state index in [1.54, 1.807) is 0 Å². The predicted molar refractivity (Wildman–Crippen MR) is 64.8 cm³/mol. The van der Waals surface area contributed by atoms with Gasteiger partial charge in [0.25, 0.3) is 0 Å². The van der Waals surface area contributed by atoms with E-state index in [-0.39, 0.29) is 22.5 Å². The molecule has 0 aliphatic carbocycles. The molecule has 0 bridgehead atoms. The van der Waals surface area contributed by atoms with Crippen molar-refractivity contribution in [2.45, 2.75) is 27.2 Å². The number of hydrogen-bond acceptors (Lipinski definition) is 3. The first kappa shape index (κ1) is 13.4. The highest BCUT2D eigenvalue weighted by Gasteiger charge is 2.19. The van der Waals surface area contributed by atoms with Gasteiger partial charge in [0.05, 0.1) is 12.7 Å². The van der Waals surface area contributed by atoms with Crippen LogP contribution in [-0.2, 0) is 6.42 Å². The lowest BCUT2D eigenvalue weighted by molar-refractivity contribution is 0.0696. The second kappa shape index (κ2) is 4.65. The molecule has 0 radical (unpaired) electrons. The Morgan fingerprint density at radius 2 is 1.94 bits per heavy atom. The van der Waals surface area contributed by atoms with Crippen LogP contribution in [0, 0.1) is 5.41 Å². The number of carbonyl (C=O) groups is 1. The molecule has 0 amide bonds. The van der Waals surface area contributed by atoms with Crippen molar-refractivity contribution in [3.05, 3.63) is 23.3 Å². The standard InChI is InChI=1S/C13H18O4/c1-13(2,3)7-9-5-8(12(15)16)6-10(17-4)11(9)14/h5-6,14H,7H2,1-4H3,(H,15,16). The van der Waals surface area contributed by atoms with E-state index in [0.717, 1.165) is 0 Å². The predicted octanol–water partition coefficient (Wildman–Crippen LogP) is 2.69. The third-order valence-electron chi connectivity index (χ3n) is 2.34. The van der Waals surface area contributed by atoms with Crippen LogP contribution >= 0.6 is 0 Å². The van der Waals surface area contributed by atoms with Gasteiger partial charge in [0.1, 0.15) is 0 Å². The van der Waals surface area contributed by atoms with Gasteiger partial charge in [0.15, 0.2) is 11.5 Å². The first-order valence-electron chi connectivity index (χ1n) is 5.38. The van der Waals surface area contributed by atoms with E-state index in [9.17, 15) is 9.90 Å². The Hall–Kier alpha value is -1.71. The molecule has 4 heteroatoms. The summed E-state index contributed by atoms with van der Waals surface area (Å²) >= 11 is 0. The van der Waals surface area contributed by atoms with Crippen LogP contribution < -0.4 is 4.74 Å². The van der Waals surface area contributed by atoms with Crippen molar-refractivity contribution < 1.29 is 19.7 Å². The summed E-state index contributed by atoms with van der Waals surface area (Å²) in [5.74, 6) is -0.810. The van der Waals surface area contributed by atoms with Crippen LogP contribution in [0.25, 0.3) is 0 Å². The van der Waals surface area contributed by atoms with Crippen molar-refractivity contribution >= 4 is 5.97 Å². The van der Waals surface area contributed by atoms with E-state index in [2.05, 4.69) is 0 Å². The van der Waals surface area contributed by atoms with Crippen molar-refractivity contribution in [3.63, 3.8) is 0 Å². The lowest BCUT2D eigenvalue weighted by Crippen LogP contribution is -2.10. The van der Waals surface area contributed by atoms with Gasteiger partial charge in [0, 0.05) is 0 Å². The molecular weight excluding hydrogens is 220 g/mol. The second-order valence-corrected chi connectivity index (χ2v) is 5.23. The fraction of sp³-hybridized carbons (Fsp3) is 0.462. The fourth-order valence-electron chi connectivity index (χ4n) is 1.65. The molecule has 0 aliphatic rings. The molecule has 1 aromatic rings. The lowest BCUT2D eigenvalue weighted by Gasteiger charge is -2.20. The average Bonchev–Trinajstić information content (AvgIpc) is 2.18. The summed E-state index contributed by atoms with van der Waals surface area (Å²) in [6, 6.07) is 2.81. The summed E-state index contributed by atoms with van der Waals surface area (Å²) in [7, 11) is 1.40. The Labute approximate surface area is 101 Å². The van der Waals surface area contributed by atoms with Crippen LogP contribution in [0.5, 0.6) is 11.5 Å². The maximum Gasteiger partial charge on any atom is 0.335 e. The minimum atomic E-state index is -1.03. The van der Waals surface area contributed by atoms with Crippen molar-refractivity contribution in [3.8, 4) is 11.5 Å². The number of methoxy groups -OCH3 is 1. The smallest absolute Gasteiger partial charge is 0.335 e. The maximum atomic E-state index is 11.0. The van der Waals surface area contributed by atoms with Gasteiger partial charge in [-0.3, -0.25) is 0 Å². The Morgan fingerprint density at radius 1 is 1.35 bits per heavy atom. The van der Waals surface area contributed by atoms with E-state index < -0.39 is 5.97 Å². The first-order chi connectivity index (χ1) is 7.74. The van der Waals surface area contributed by atoms with E-state index in [0.29, 0.717) is 12.0 Å². The number of phenols is 1. The lowest BCUT2D eigenvalue weighted by atomic mass is 9.87. The largest absolute Gasteiger partial charge is 0.504 e. The number of carboxylic acid groups (broad SMARTS) is 1. The number of hydrogen-bond donors (Lipinski definition) is 2. The van der Waals surface area contributed by atoms with Gasteiger partial charge in [-0.1, -0.05) is 20.8 Å². The Kier molecular flexibility index (Phi) is 3.66. The van der Waals surface area contributed by atoms with Crippen LogP contribution in [0.2, 0.25) is 0 Å². The number of ether oxygens (including phenoxy) is 1. The highest BCUT2D eigenvalue weighted by Crippen LogP contribution is 2.35. The number of aromatic hydroxyl groups is 1. The average molecular weight is 238 g/mol. The topological polar surface area (TPSA) is 66.8 Å². The van der Waals surface area contributed by atoms with Gasteiger partial charge in [-0.05, 0) is 29.5 Å². The SMILES string of the molecule is COc1cc(C(=O)O)cc(CC(C)(C)C)c1O. The van der Waals surface area contributed by atoms with Crippen LogP contribution in [0.15, 0.2) is 12.1 Å². The Bertz CT molecular complexity index is 430. The van der Waals surface area contributed by atoms with Crippen LogP contribution in [0.3, 0.4) is 0 Å². The monoisotopic (exact) mass is 238 g/mol. The normalized spacial score (nSPS) is 11.3. The molecule has 1 rings (SSSR count). The molecule has 2 N–H and O–H groups in total. The Morgan fingerprint density at radius 3 is 2.35 bits per heavy atom. The number of carboxylic acids is 1. The van der Waals surface area contributed by atoms with E-state index in [1.165, 1.54) is 19.2 Å². The highest BCUT2D eigenvalue weighted by molar-refractivity contribution is 5.89. The van der Waals surface area contributed by atoms with E-state index in [4.69, 9.17) is 9.84 Å². The van der Waals surface area contributed by atoms with Crippen molar-refractivity contribution in [1.82, 2.24) is 0 Å². The quantitative estimate of drug-likeness (QED) is 0.849. The fourth-order valence-corrected chi connectivity index (χ4v) is 1.65. The molecule has 4 nitrogen and oxygen atoms in total. The minimum Gasteiger partial charge on any atom is -0.504 e. The molecule has 0 saturated carbocycles. The molecule has 94 valence electrons. The number of phenolic OH excluding ortho intramolecular Hbond substituents is 1. The summed E-state index contributed by atoms with van der Waals surface area (Å²) in [5.41, 5.74) is 0.674. The minimum absolute atomic E-state index is 0.0208. The van der Waals surface area contributed by atoms with Gasteiger partial charge < -0.3 is 14.9 Å². The summed E-state index contributed by atoms with van der Waals surface area (Å²) < 4.78 is 4.98. The number of rotatable bonds is 3. The molecule has 0 atom stereocenters. The molecular formula is C13H18O4. The molecule has 0 fully saturated rings. The summed E-state index contributed by atoms with van der Waals surface area (Å²) in [4.78, 5) is 11.0. The third kappa shape index (κ3) is 3.37. The number of aromatic carboxylic acids is 1. The molecule has 1 aromatic carbocycles. The first-order valence-corrected chi connectivity index (χ1v) is 5.38. The van der Waals surface area contributed by atoms with Crippen molar-refractivity contribution in [2.75, 3.05) is 7.11 Å². The molecule has 0 unspecified atom stereocenters. The van der Waals surface area contributed by atoms with Gasteiger partial charge in [-0.2, -0.15) is 0 Å². The third-order valence-corrected chi connectivity index (χ3v) is 2.34. The highest BCUT2D eigenvalue weighted by atomic mass is 16.5. The van der Waals surface area contributed by atoms with Crippen LogP contribution in [0.1, 0.15) is 36.7 Å². The van der Waals surface area contributed by atoms with Gasteiger partial charge in [0.2, 0.25) is 0 Å². The summed E-state index contributed by atoms with van der Waals surface area (Å²) in [5, 5.41) is 18.9. The Balaban J connectivity index is 3.28. The second-order valence-electron chi connectivity index (χ2n) is 5.23. The molecule has 0 spiro atoms. The summed E-state index contributed by atoms with van der Waals surface area (Å²) in [6.07, 6.45) is 0.580. The molecule has 0 heterocycles. The van der Waals surface area contributed by atoms with Gasteiger partial charge >= 0.3 is 5.97 Å². The van der Waals surface area contributed by atoms with Crippen molar-refractivity contribution in [1.29, 1.82) is 0 Å². The molecule has 0 aliphatic heterocycles.